The molecule has 0 saturated carbocycles. The van der Waals surface area contributed by atoms with E-state index in [2.05, 4.69) is 0 Å². The number of hydrogen-bond donors (Lipinski definition) is 0. The Bertz CT molecular complexity index is 598. The van der Waals surface area contributed by atoms with Gasteiger partial charge in [-0.05, 0) is 13.0 Å². The van der Waals surface area contributed by atoms with Crippen LogP contribution in [0.5, 0.6) is 0 Å². The van der Waals surface area contributed by atoms with Crippen LogP contribution in [-0.2, 0) is 9.53 Å². The van der Waals surface area contributed by atoms with E-state index in [4.69, 9.17) is 4.74 Å². The highest BCUT2D eigenvalue weighted by atomic mass is 16.6. The van der Waals surface area contributed by atoms with Gasteiger partial charge in [0, 0.05) is 40.3 Å². The molecule has 0 spiro atoms. The zero-order valence-corrected chi connectivity index (χ0v) is 13.2. The first kappa shape index (κ1) is 17.4. The van der Waals surface area contributed by atoms with Gasteiger partial charge in [0.15, 0.2) is 6.10 Å². The summed E-state index contributed by atoms with van der Waals surface area (Å²) < 4.78 is 5.11. The van der Waals surface area contributed by atoms with Crippen LogP contribution in [0.2, 0.25) is 0 Å². The number of non-ortho nitro benzene ring substituents is 1. The van der Waals surface area contributed by atoms with Crippen molar-refractivity contribution in [2.75, 3.05) is 33.1 Å². The van der Waals surface area contributed by atoms with Crippen molar-refractivity contribution in [1.29, 1.82) is 0 Å². The van der Waals surface area contributed by atoms with Gasteiger partial charge in [0.1, 0.15) is 0 Å². The third kappa shape index (κ3) is 3.94. The topological polar surface area (TPSA) is 93.0 Å². The SMILES string of the molecule is C[C@@H](OC(=O)c1cc([N+](=O)[O-])ccc1N(C)C)C(=O)N(C)C. The van der Waals surface area contributed by atoms with Gasteiger partial charge >= 0.3 is 5.97 Å². The van der Waals surface area contributed by atoms with Crippen molar-refractivity contribution in [1.82, 2.24) is 4.90 Å². The quantitative estimate of drug-likeness (QED) is 0.462. The number of hydrogen-bond acceptors (Lipinski definition) is 6. The van der Waals surface area contributed by atoms with Gasteiger partial charge in [0.2, 0.25) is 0 Å². The Morgan fingerprint density at radius 2 is 1.82 bits per heavy atom. The Morgan fingerprint density at radius 3 is 2.27 bits per heavy atom. The monoisotopic (exact) mass is 309 g/mol. The molecular weight excluding hydrogens is 290 g/mol. The fourth-order valence-corrected chi connectivity index (χ4v) is 1.83. The molecule has 0 radical (unpaired) electrons. The highest BCUT2D eigenvalue weighted by Gasteiger charge is 2.24. The van der Waals surface area contributed by atoms with Gasteiger partial charge in [-0.1, -0.05) is 0 Å². The first-order chi connectivity index (χ1) is 10.1. The summed E-state index contributed by atoms with van der Waals surface area (Å²) in [4.78, 5) is 37.2. The van der Waals surface area contributed by atoms with Crippen molar-refractivity contribution >= 4 is 23.3 Å². The molecule has 0 saturated heterocycles. The standard InChI is InChI=1S/C14H19N3O5/c1-9(13(18)16(4)5)22-14(19)11-8-10(17(20)21)6-7-12(11)15(2)3/h6-9H,1-5H3/t9-/m1/s1. The summed E-state index contributed by atoms with van der Waals surface area (Å²) in [5.74, 6) is -1.15. The largest absolute Gasteiger partial charge is 0.449 e. The molecule has 120 valence electrons. The third-order valence-electron chi connectivity index (χ3n) is 2.97. The second-order valence-electron chi connectivity index (χ2n) is 5.13. The lowest BCUT2D eigenvalue weighted by atomic mass is 10.1. The smallest absolute Gasteiger partial charge is 0.341 e. The average Bonchev–Trinajstić information content (AvgIpc) is 2.45. The van der Waals surface area contributed by atoms with Crippen molar-refractivity contribution in [2.45, 2.75) is 13.0 Å². The van der Waals surface area contributed by atoms with Gasteiger partial charge in [-0.25, -0.2) is 4.79 Å². The summed E-state index contributed by atoms with van der Waals surface area (Å²) in [6.07, 6.45) is -0.975. The van der Waals surface area contributed by atoms with Crippen LogP contribution in [0.3, 0.4) is 0 Å². The van der Waals surface area contributed by atoms with E-state index in [1.165, 1.54) is 24.0 Å². The van der Waals surface area contributed by atoms with E-state index in [0.29, 0.717) is 5.69 Å². The van der Waals surface area contributed by atoms with E-state index in [9.17, 15) is 19.7 Å². The fraction of sp³-hybridized carbons (Fsp3) is 0.429. The molecular formula is C14H19N3O5. The van der Waals surface area contributed by atoms with Crippen LogP contribution in [0.1, 0.15) is 17.3 Å². The molecule has 8 nitrogen and oxygen atoms in total. The minimum atomic E-state index is -0.975. The number of carbonyl (C=O) groups is 2. The lowest BCUT2D eigenvalue weighted by Crippen LogP contribution is -2.35. The summed E-state index contributed by atoms with van der Waals surface area (Å²) in [7, 11) is 6.50. The molecule has 0 bridgehead atoms. The van der Waals surface area contributed by atoms with E-state index >= 15 is 0 Å². The summed E-state index contributed by atoms with van der Waals surface area (Å²) >= 11 is 0. The molecule has 0 aliphatic heterocycles. The van der Waals surface area contributed by atoms with Crippen molar-refractivity contribution < 1.29 is 19.2 Å². The molecule has 1 aromatic rings. The lowest BCUT2D eigenvalue weighted by Gasteiger charge is -2.20. The second-order valence-corrected chi connectivity index (χ2v) is 5.13. The van der Waals surface area contributed by atoms with Crippen LogP contribution in [-0.4, -0.2) is 56.0 Å². The van der Waals surface area contributed by atoms with E-state index in [1.54, 1.807) is 33.1 Å². The molecule has 1 rings (SSSR count). The van der Waals surface area contributed by atoms with Gasteiger partial charge in [-0.3, -0.25) is 14.9 Å². The fourth-order valence-electron chi connectivity index (χ4n) is 1.83. The molecule has 0 N–H and O–H groups in total. The molecule has 0 unspecified atom stereocenters. The van der Waals surface area contributed by atoms with Gasteiger partial charge < -0.3 is 14.5 Å². The number of amides is 1. The number of esters is 1. The normalized spacial score (nSPS) is 11.5. The first-order valence-electron chi connectivity index (χ1n) is 6.53. The van der Waals surface area contributed by atoms with Crippen LogP contribution in [0.25, 0.3) is 0 Å². The number of rotatable bonds is 5. The zero-order chi connectivity index (χ0) is 17.0. The number of nitrogens with zero attached hydrogens (tertiary/aromatic N) is 3. The van der Waals surface area contributed by atoms with E-state index < -0.39 is 17.0 Å². The highest BCUT2D eigenvalue weighted by Crippen LogP contribution is 2.25. The Kier molecular flexibility index (Phi) is 5.44. The summed E-state index contributed by atoms with van der Waals surface area (Å²) in [5, 5.41) is 10.9. The summed E-state index contributed by atoms with van der Waals surface area (Å²) in [6.45, 7) is 1.45. The minimum absolute atomic E-state index is 0.0395. The first-order valence-corrected chi connectivity index (χ1v) is 6.53. The number of nitro groups is 1. The van der Waals surface area contributed by atoms with Crippen molar-refractivity contribution in [2.24, 2.45) is 0 Å². The van der Waals surface area contributed by atoms with E-state index in [-0.39, 0.29) is 17.2 Å². The van der Waals surface area contributed by atoms with Crippen molar-refractivity contribution in [3.05, 3.63) is 33.9 Å². The van der Waals surface area contributed by atoms with Crippen LogP contribution in [0.4, 0.5) is 11.4 Å². The molecule has 0 aliphatic rings. The Balaban J connectivity index is 3.12. The van der Waals surface area contributed by atoms with Gasteiger partial charge in [-0.15, -0.1) is 0 Å². The number of likely N-dealkylation sites (N-methyl/N-ethyl adjacent to an activating group) is 1. The third-order valence-corrected chi connectivity index (χ3v) is 2.97. The predicted molar refractivity (Wildman–Crippen MR) is 81.0 cm³/mol. The maximum Gasteiger partial charge on any atom is 0.341 e. The molecule has 0 fully saturated rings. The maximum absolute atomic E-state index is 12.2. The maximum atomic E-state index is 12.2. The average molecular weight is 309 g/mol. The summed E-state index contributed by atoms with van der Waals surface area (Å²) in [5.41, 5.74) is 0.293. The molecule has 0 aromatic heterocycles. The predicted octanol–water partition coefficient (Wildman–Crippen LogP) is 1.29. The Morgan fingerprint density at radius 1 is 1.23 bits per heavy atom. The number of nitro benzene ring substituents is 1. The molecule has 0 heterocycles. The molecule has 1 atom stereocenters. The number of benzene rings is 1. The molecule has 22 heavy (non-hydrogen) atoms. The minimum Gasteiger partial charge on any atom is -0.449 e. The van der Waals surface area contributed by atoms with E-state index in [1.807, 2.05) is 0 Å². The summed E-state index contributed by atoms with van der Waals surface area (Å²) in [6, 6.07) is 3.91. The van der Waals surface area contributed by atoms with Crippen LogP contribution < -0.4 is 4.90 Å². The molecule has 1 aromatic carbocycles. The molecule has 0 aliphatic carbocycles. The van der Waals surface area contributed by atoms with Crippen LogP contribution in [0, 0.1) is 10.1 Å². The van der Waals surface area contributed by atoms with Gasteiger partial charge in [0.05, 0.1) is 16.2 Å². The number of anilines is 1. The zero-order valence-electron chi connectivity index (χ0n) is 13.2. The van der Waals surface area contributed by atoms with Gasteiger partial charge in [-0.2, -0.15) is 0 Å². The highest BCUT2D eigenvalue weighted by molar-refractivity contribution is 5.98. The number of ether oxygens (including phenoxy) is 1. The van der Waals surface area contributed by atoms with Crippen molar-refractivity contribution in [3.63, 3.8) is 0 Å². The van der Waals surface area contributed by atoms with Gasteiger partial charge in [0.25, 0.3) is 11.6 Å². The van der Waals surface area contributed by atoms with Crippen molar-refractivity contribution in [3.8, 4) is 0 Å². The molecule has 8 heteroatoms. The van der Waals surface area contributed by atoms with Crippen LogP contribution >= 0.6 is 0 Å². The Labute approximate surface area is 128 Å². The van der Waals surface area contributed by atoms with E-state index in [0.717, 1.165) is 6.07 Å². The Hall–Kier alpha value is -2.64. The molecule has 1 amide bonds. The number of carbonyl (C=O) groups excluding carboxylic acids is 2. The lowest BCUT2D eigenvalue weighted by molar-refractivity contribution is -0.384. The second kappa shape index (κ2) is 6.88. The van der Waals surface area contributed by atoms with Crippen LogP contribution in [0.15, 0.2) is 18.2 Å².